The molecule has 0 saturated heterocycles. The van der Waals surface area contributed by atoms with Gasteiger partial charge in [0.25, 0.3) is 0 Å². The van der Waals surface area contributed by atoms with Gasteiger partial charge >= 0.3 is 0 Å². The zero-order valence-corrected chi connectivity index (χ0v) is 26.0. The molecular weight excluding hydrogens is 456 g/mol. The highest BCUT2D eigenvalue weighted by Gasteiger charge is 2.59. The van der Waals surface area contributed by atoms with Crippen LogP contribution in [-0.4, -0.2) is 0 Å². The second kappa shape index (κ2) is 8.97. The number of allylic oxidation sites excluding steroid dienone is 7. The van der Waals surface area contributed by atoms with Gasteiger partial charge in [0.1, 0.15) is 0 Å². The van der Waals surface area contributed by atoms with Crippen LogP contribution < -0.4 is 0 Å². The number of hydrogen-bond acceptors (Lipinski definition) is 0. The minimum absolute atomic E-state index is 0.0900. The van der Waals surface area contributed by atoms with Gasteiger partial charge in [0.2, 0.25) is 0 Å². The van der Waals surface area contributed by atoms with Gasteiger partial charge in [-0.25, -0.2) is 0 Å². The Hall–Kier alpha value is -2.08. The van der Waals surface area contributed by atoms with Crippen LogP contribution in [0.25, 0.3) is 5.57 Å². The molecule has 3 atom stereocenters. The zero-order valence-electron chi connectivity index (χ0n) is 26.0. The molecule has 0 aromatic heterocycles. The van der Waals surface area contributed by atoms with E-state index in [0.29, 0.717) is 5.92 Å². The molecule has 0 spiro atoms. The molecule has 0 heteroatoms. The largest absolute Gasteiger partial charge is 0.0955 e. The van der Waals surface area contributed by atoms with E-state index in [4.69, 9.17) is 13.2 Å². The summed E-state index contributed by atoms with van der Waals surface area (Å²) < 4.78 is 0. The topological polar surface area (TPSA) is 0 Å². The van der Waals surface area contributed by atoms with Crippen molar-refractivity contribution in [1.82, 2.24) is 0 Å². The summed E-state index contributed by atoms with van der Waals surface area (Å²) >= 11 is 0. The van der Waals surface area contributed by atoms with Crippen molar-refractivity contribution in [1.29, 1.82) is 0 Å². The highest BCUT2D eigenvalue weighted by Crippen LogP contribution is 2.70. The molecule has 0 aliphatic heterocycles. The molecule has 4 aliphatic carbocycles. The molecule has 0 heterocycles. The Labute approximate surface area is 234 Å². The first-order valence-corrected chi connectivity index (χ1v) is 15.3. The van der Waals surface area contributed by atoms with Crippen molar-refractivity contribution in [2.45, 2.75) is 120 Å². The molecule has 1 saturated carbocycles. The van der Waals surface area contributed by atoms with Gasteiger partial charge in [-0.2, -0.15) is 0 Å². The van der Waals surface area contributed by atoms with Crippen molar-refractivity contribution in [2.24, 2.45) is 22.2 Å². The maximum Gasteiger partial charge on any atom is 0.0194 e. The molecule has 1 aromatic carbocycles. The van der Waals surface area contributed by atoms with Crippen LogP contribution in [0.4, 0.5) is 0 Å². The minimum Gasteiger partial charge on any atom is -0.0955 e. The molecule has 0 amide bonds. The smallest absolute Gasteiger partial charge is 0.0194 e. The summed E-state index contributed by atoms with van der Waals surface area (Å²) in [4.78, 5) is 0. The van der Waals surface area contributed by atoms with Crippen LogP contribution in [0.3, 0.4) is 0 Å². The molecule has 38 heavy (non-hydrogen) atoms. The van der Waals surface area contributed by atoms with Gasteiger partial charge in [0, 0.05) is 5.41 Å². The molecule has 0 N–H and O–H groups in total. The Morgan fingerprint density at radius 2 is 1.66 bits per heavy atom. The average molecular weight is 509 g/mol. The van der Waals surface area contributed by atoms with Crippen molar-refractivity contribution in [3.05, 3.63) is 87.1 Å². The van der Waals surface area contributed by atoms with Gasteiger partial charge in [-0.15, -0.1) is 0 Å². The minimum atomic E-state index is -0.0910. The number of benzene rings is 1. The molecule has 204 valence electrons. The van der Waals surface area contributed by atoms with Crippen LogP contribution in [0.2, 0.25) is 0 Å². The first-order chi connectivity index (χ1) is 17.7. The van der Waals surface area contributed by atoms with E-state index in [2.05, 4.69) is 75.0 Å². The van der Waals surface area contributed by atoms with Crippen molar-refractivity contribution in [2.75, 3.05) is 0 Å². The second-order valence-electron chi connectivity index (χ2n) is 14.8. The van der Waals surface area contributed by atoms with E-state index in [1.807, 2.05) is 0 Å². The summed E-state index contributed by atoms with van der Waals surface area (Å²) in [5, 5.41) is 0. The summed E-state index contributed by atoms with van der Waals surface area (Å²) in [5.74, 6) is 1.38. The normalized spacial score (nSPS) is 31.6. The van der Waals surface area contributed by atoms with Crippen LogP contribution in [-0.2, 0) is 12.8 Å². The third kappa shape index (κ3) is 3.68. The van der Waals surface area contributed by atoms with Gasteiger partial charge in [-0.1, -0.05) is 103 Å². The number of rotatable bonds is 4. The van der Waals surface area contributed by atoms with Gasteiger partial charge in [0.15, 0.2) is 0 Å². The first kappa shape index (κ1) is 27.5. The van der Waals surface area contributed by atoms with Gasteiger partial charge in [-0.05, 0) is 126 Å². The monoisotopic (exact) mass is 508 g/mol. The third-order valence-electron chi connectivity index (χ3n) is 11.7. The van der Waals surface area contributed by atoms with E-state index >= 15 is 0 Å². The molecule has 0 unspecified atom stereocenters. The SMILES string of the molecule is C=C(C)C1=C(C)C[C@@]2(C)C[C@@]3(C)Cc4c(C(C)C)cc(CC5CCCC5)c(C)c4C(=C)C3=C(C)[C@@]2(C)C1=C. The Bertz CT molecular complexity index is 1320. The van der Waals surface area contributed by atoms with Crippen molar-refractivity contribution >= 4 is 5.57 Å². The lowest BCUT2D eigenvalue weighted by atomic mass is 9.41. The van der Waals surface area contributed by atoms with E-state index in [1.165, 1.54) is 83.1 Å². The molecule has 0 radical (unpaired) electrons. The lowest BCUT2D eigenvalue weighted by Gasteiger charge is -2.62. The molecule has 0 bridgehead atoms. The third-order valence-corrected chi connectivity index (χ3v) is 11.7. The van der Waals surface area contributed by atoms with Crippen LogP contribution in [0.1, 0.15) is 128 Å². The molecule has 1 aromatic rings. The predicted molar refractivity (Wildman–Crippen MR) is 167 cm³/mol. The first-order valence-electron chi connectivity index (χ1n) is 15.3. The van der Waals surface area contributed by atoms with E-state index in [-0.39, 0.29) is 16.2 Å². The van der Waals surface area contributed by atoms with Crippen LogP contribution >= 0.6 is 0 Å². The summed E-state index contributed by atoms with van der Waals surface area (Å²) in [7, 11) is 0. The lowest BCUT2D eigenvalue weighted by Crippen LogP contribution is -2.52. The molecule has 1 fully saturated rings. The number of hydrogen-bond donors (Lipinski definition) is 0. The van der Waals surface area contributed by atoms with Crippen molar-refractivity contribution in [3.8, 4) is 0 Å². The number of fused-ring (bicyclic) bond motifs is 3. The second-order valence-corrected chi connectivity index (χ2v) is 14.8. The quantitative estimate of drug-likeness (QED) is 0.379. The molecule has 0 nitrogen and oxygen atoms in total. The van der Waals surface area contributed by atoms with Crippen LogP contribution in [0, 0.1) is 29.1 Å². The summed E-state index contributed by atoms with van der Waals surface area (Å²) in [6.45, 7) is 35.8. The standard InChI is InChI=1S/C38H52/c1-22(2)31-18-30(17-29-15-13-14-16-29)25(6)34-26(7)35-28(9)38(12)27(8)33(23(3)4)24(5)19-37(38,11)21-36(35,10)20-32(31)34/h18,22,29H,3,7-8,13-17,19-21H2,1-2,4-6,9-12H3/t36-,37+,38-/m1/s1. The Morgan fingerprint density at radius 1 is 1.03 bits per heavy atom. The Balaban J connectivity index is 1.73. The van der Waals surface area contributed by atoms with E-state index < -0.39 is 0 Å². The fourth-order valence-electron chi connectivity index (χ4n) is 9.94. The van der Waals surface area contributed by atoms with Crippen molar-refractivity contribution < 1.29 is 0 Å². The summed E-state index contributed by atoms with van der Waals surface area (Å²) in [6.07, 6.45) is 10.2. The van der Waals surface area contributed by atoms with Gasteiger partial charge < -0.3 is 0 Å². The maximum atomic E-state index is 4.94. The van der Waals surface area contributed by atoms with Gasteiger partial charge in [-0.3, -0.25) is 0 Å². The predicted octanol–water partition coefficient (Wildman–Crippen LogP) is 11.0. The molecular formula is C38H52. The van der Waals surface area contributed by atoms with E-state index in [0.717, 1.165) is 24.3 Å². The van der Waals surface area contributed by atoms with Crippen LogP contribution in [0.15, 0.2) is 59.2 Å². The average Bonchev–Trinajstić information content (AvgIpc) is 3.30. The lowest BCUT2D eigenvalue weighted by molar-refractivity contribution is 0.0543. The fraction of sp³-hybridized carbons (Fsp3) is 0.579. The highest BCUT2D eigenvalue weighted by molar-refractivity contribution is 5.87. The van der Waals surface area contributed by atoms with Crippen LogP contribution in [0.5, 0.6) is 0 Å². The zero-order chi connectivity index (χ0) is 27.9. The highest BCUT2D eigenvalue weighted by atomic mass is 14.6. The Morgan fingerprint density at radius 3 is 2.24 bits per heavy atom. The van der Waals surface area contributed by atoms with E-state index in [9.17, 15) is 0 Å². The molecule has 4 aliphatic rings. The van der Waals surface area contributed by atoms with E-state index in [1.54, 1.807) is 16.7 Å². The van der Waals surface area contributed by atoms with Gasteiger partial charge in [0.05, 0.1) is 0 Å². The summed E-state index contributed by atoms with van der Waals surface area (Å²) in [6, 6.07) is 2.61. The molecule has 5 rings (SSSR count). The summed E-state index contributed by atoms with van der Waals surface area (Å²) in [5.41, 5.74) is 17.4. The fourth-order valence-corrected chi connectivity index (χ4v) is 9.94. The maximum absolute atomic E-state index is 4.94. The Kier molecular flexibility index (Phi) is 6.49. The van der Waals surface area contributed by atoms with Crippen molar-refractivity contribution in [3.63, 3.8) is 0 Å².